The Labute approximate surface area is 127 Å². The van der Waals surface area contributed by atoms with Crippen molar-refractivity contribution < 1.29 is 0 Å². The number of imidazole rings is 1. The molecular weight excluding hydrogens is 338 g/mol. The lowest BCUT2D eigenvalue weighted by Crippen LogP contribution is -2.29. The summed E-state index contributed by atoms with van der Waals surface area (Å²) in [6.45, 7) is 0.400. The summed E-state index contributed by atoms with van der Waals surface area (Å²) in [4.78, 5) is 30.0. The number of aromatic amines is 1. The van der Waals surface area contributed by atoms with Gasteiger partial charge < -0.3 is 10.3 Å². The minimum absolute atomic E-state index is 0.194. The van der Waals surface area contributed by atoms with E-state index in [-0.39, 0.29) is 17.1 Å². The Balaban J connectivity index is 2.21. The Bertz CT molecular complexity index is 936. The van der Waals surface area contributed by atoms with Gasteiger partial charge in [-0.15, -0.1) is 0 Å². The maximum absolute atomic E-state index is 12.0. The summed E-state index contributed by atoms with van der Waals surface area (Å²) >= 11 is 3.37. The van der Waals surface area contributed by atoms with Crippen LogP contribution in [-0.2, 0) is 13.6 Å². The molecule has 0 aliphatic rings. The molecule has 0 spiro atoms. The first-order valence-corrected chi connectivity index (χ1v) is 6.96. The predicted molar refractivity (Wildman–Crippen MR) is 83.3 cm³/mol. The molecule has 2 heterocycles. The molecule has 0 saturated heterocycles. The van der Waals surface area contributed by atoms with E-state index in [1.807, 2.05) is 24.3 Å². The number of hydrogen-bond acceptors (Lipinski definition) is 4. The molecule has 0 amide bonds. The van der Waals surface area contributed by atoms with Gasteiger partial charge in [-0.25, -0.2) is 4.79 Å². The number of rotatable bonds is 2. The van der Waals surface area contributed by atoms with Gasteiger partial charge in [0.1, 0.15) is 0 Å². The Morgan fingerprint density at radius 3 is 2.62 bits per heavy atom. The van der Waals surface area contributed by atoms with Crippen LogP contribution in [-0.4, -0.2) is 19.1 Å². The minimum atomic E-state index is -0.513. The summed E-state index contributed by atoms with van der Waals surface area (Å²) in [7, 11) is 1.54. The van der Waals surface area contributed by atoms with Crippen molar-refractivity contribution in [2.75, 3.05) is 5.73 Å². The van der Waals surface area contributed by atoms with Crippen LogP contribution in [0.2, 0.25) is 0 Å². The molecule has 0 bridgehead atoms. The van der Waals surface area contributed by atoms with Gasteiger partial charge in [-0.3, -0.25) is 14.3 Å². The van der Waals surface area contributed by atoms with Gasteiger partial charge in [0.15, 0.2) is 11.2 Å². The van der Waals surface area contributed by atoms with Gasteiger partial charge in [-0.2, -0.15) is 4.98 Å². The molecule has 0 unspecified atom stereocenters. The van der Waals surface area contributed by atoms with Crippen LogP contribution in [0, 0.1) is 0 Å². The molecule has 108 valence electrons. The first-order chi connectivity index (χ1) is 9.97. The normalized spacial score (nSPS) is 11.1. The number of nitrogens with zero attached hydrogens (tertiary/aromatic N) is 3. The molecule has 1 aromatic carbocycles. The number of anilines is 1. The Hall–Kier alpha value is -2.35. The van der Waals surface area contributed by atoms with Crippen molar-refractivity contribution in [3.05, 3.63) is 55.1 Å². The lowest BCUT2D eigenvalue weighted by Gasteiger charge is -2.06. The van der Waals surface area contributed by atoms with Crippen LogP contribution >= 0.6 is 15.9 Å². The highest BCUT2D eigenvalue weighted by molar-refractivity contribution is 9.10. The van der Waals surface area contributed by atoms with Crippen LogP contribution in [0.4, 0.5) is 5.95 Å². The summed E-state index contributed by atoms with van der Waals surface area (Å²) in [5, 5.41) is 0. The number of nitrogen functional groups attached to an aromatic ring is 1. The summed E-state index contributed by atoms with van der Waals surface area (Å²) in [5.74, 6) is 0.194. The molecule has 0 fully saturated rings. The maximum atomic E-state index is 12.0. The fourth-order valence-corrected chi connectivity index (χ4v) is 2.45. The molecular formula is C13H12BrN5O2. The molecule has 0 atom stereocenters. The summed E-state index contributed by atoms with van der Waals surface area (Å²) in [5.41, 5.74) is 6.42. The van der Waals surface area contributed by atoms with E-state index >= 15 is 0 Å². The van der Waals surface area contributed by atoms with Crippen LogP contribution in [0.1, 0.15) is 5.56 Å². The van der Waals surface area contributed by atoms with Gasteiger partial charge in [-0.05, 0) is 17.7 Å². The van der Waals surface area contributed by atoms with Gasteiger partial charge in [0.25, 0.3) is 5.56 Å². The van der Waals surface area contributed by atoms with E-state index in [0.29, 0.717) is 6.54 Å². The minimum Gasteiger partial charge on any atom is -0.369 e. The number of halogens is 1. The third kappa shape index (κ3) is 2.27. The monoisotopic (exact) mass is 349 g/mol. The highest BCUT2D eigenvalue weighted by Gasteiger charge is 2.15. The first kappa shape index (κ1) is 13.6. The highest BCUT2D eigenvalue weighted by Crippen LogP contribution is 2.16. The molecule has 0 aliphatic carbocycles. The molecule has 8 heteroatoms. The molecule has 3 rings (SSSR count). The molecule has 21 heavy (non-hydrogen) atoms. The van der Waals surface area contributed by atoms with Gasteiger partial charge in [-0.1, -0.05) is 28.1 Å². The van der Waals surface area contributed by atoms with Crippen molar-refractivity contribution in [2.45, 2.75) is 6.54 Å². The maximum Gasteiger partial charge on any atom is 0.329 e. The average Bonchev–Trinajstić information content (AvgIpc) is 2.77. The molecule has 0 aliphatic heterocycles. The molecule has 0 radical (unpaired) electrons. The van der Waals surface area contributed by atoms with Gasteiger partial charge in [0, 0.05) is 11.5 Å². The third-order valence-electron chi connectivity index (χ3n) is 3.29. The molecule has 7 nitrogen and oxygen atoms in total. The Morgan fingerprint density at radius 2 is 1.95 bits per heavy atom. The number of fused-ring (bicyclic) bond motifs is 1. The van der Waals surface area contributed by atoms with Crippen molar-refractivity contribution in [3.63, 3.8) is 0 Å². The summed E-state index contributed by atoms with van der Waals surface area (Å²) in [6, 6.07) is 7.66. The SMILES string of the molecule is Cn1c(=O)[nH]c(=O)c2c1nc(N)n2Cc1ccc(Br)cc1. The van der Waals surface area contributed by atoms with Crippen molar-refractivity contribution in [3.8, 4) is 0 Å². The quantitative estimate of drug-likeness (QED) is 0.715. The zero-order chi connectivity index (χ0) is 15.1. The lowest BCUT2D eigenvalue weighted by atomic mass is 10.2. The van der Waals surface area contributed by atoms with Crippen molar-refractivity contribution in [1.82, 2.24) is 19.1 Å². The van der Waals surface area contributed by atoms with E-state index in [0.717, 1.165) is 10.0 Å². The smallest absolute Gasteiger partial charge is 0.329 e. The van der Waals surface area contributed by atoms with Crippen LogP contribution in [0.5, 0.6) is 0 Å². The fraction of sp³-hybridized carbons (Fsp3) is 0.154. The second-order valence-electron chi connectivity index (χ2n) is 4.67. The second-order valence-corrected chi connectivity index (χ2v) is 5.59. The van der Waals surface area contributed by atoms with E-state index in [4.69, 9.17) is 5.73 Å². The summed E-state index contributed by atoms with van der Waals surface area (Å²) in [6.07, 6.45) is 0. The van der Waals surface area contributed by atoms with E-state index in [9.17, 15) is 9.59 Å². The van der Waals surface area contributed by atoms with Crippen LogP contribution in [0.25, 0.3) is 11.2 Å². The number of H-pyrrole nitrogens is 1. The fourth-order valence-electron chi connectivity index (χ4n) is 2.18. The molecule has 3 N–H and O–H groups in total. The molecule has 2 aromatic heterocycles. The number of aryl methyl sites for hydroxylation is 1. The topological polar surface area (TPSA) is 98.7 Å². The predicted octanol–water partition coefficient (Wildman–Crippen LogP) is 0.816. The average molecular weight is 350 g/mol. The number of aromatic nitrogens is 4. The van der Waals surface area contributed by atoms with Gasteiger partial charge in [0.2, 0.25) is 5.95 Å². The van der Waals surface area contributed by atoms with Gasteiger partial charge >= 0.3 is 5.69 Å². The number of nitrogens with two attached hydrogens (primary N) is 1. The second kappa shape index (κ2) is 4.88. The third-order valence-corrected chi connectivity index (χ3v) is 3.82. The summed E-state index contributed by atoms with van der Waals surface area (Å²) < 4.78 is 3.83. The lowest BCUT2D eigenvalue weighted by molar-refractivity contribution is 0.812. The molecule has 3 aromatic rings. The number of hydrogen-bond donors (Lipinski definition) is 2. The Kier molecular flexibility index (Phi) is 3.17. The highest BCUT2D eigenvalue weighted by atomic mass is 79.9. The van der Waals surface area contributed by atoms with Crippen LogP contribution < -0.4 is 17.0 Å². The Morgan fingerprint density at radius 1 is 1.29 bits per heavy atom. The van der Waals surface area contributed by atoms with Gasteiger partial charge in [0.05, 0.1) is 6.54 Å². The van der Waals surface area contributed by atoms with Crippen LogP contribution in [0.3, 0.4) is 0 Å². The first-order valence-electron chi connectivity index (χ1n) is 6.17. The van der Waals surface area contributed by atoms with Crippen molar-refractivity contribution in [2.24, 2.45) is 7.05 Å². The van der Waals surface area contributed by atoms with Crippen molar-refractivity contribution in [1.29, 1.82) is 0 Å². The number of benzene rings is 1. The van der Waals surface area contributed by atoms with E-state index in [1.165, 1.54) is 11.6 Å². The van der Waals surface area contributed by atoms with E-state index < -0.39 is 11.2 Å². The zero-order valence-electron chi connectivity index (χ0n) is 11.1. The zero-order valence-corrected chi connectivity index (χ0v) is 12.7. The van der Waals surface area contributed by atoms with E-state index in [2.05, 4.69) is 25.9 Å². The largest absolute Gasteiger partial charge is 0.369 e. The van der Waals surface area contributed by atoms with E-state index in [1.54, 1.807) is 4.57 Å². The van der Waals surface area contributed by atoms with Crippen molar-refractivity contribution >= 4 is 33.0 Å². The number of nitrogens with one attached hydrogen (secondary N) is 1. The molecule has 0 saturated carbocycles. The standard InChI is InChI=1S/C13H12BrN5O2/c1-18-10-9(11(20)17-13(18)21)19(12(15)16-10)6-7-2-4-8(14)5-3-7/h2-5H,6H2,1H3,(H2,15,16)(H,17,20,21). The van der Waals surface area contributed by atoms with Crippen LogP contribution in [0.15, 0.2) is 38.3 Å².